The van der Waals surface area contributed by atoms with Crippen LogP contribution in [0.5, 0.6) is 0 Å². The molecular formula is C18H15Cl3N2O. The number of hydrogen-bond acceptors (Lipinski definition) is 3. The molecule has 24 heavy (non-hydrogen) atoms. The molecule has 0 saturated carbocycles. The molecule has 0 aromatic heterocycles. The van der Waals surface area contributed by atoms with Crippen LogP contribution in [0.4, 0.5) is 5.69 Å². The molecule has 0 fully saturated rings. The van der Waals surface area contributed by atoms with Gasteiger partial charge in [-0.25, -0.2) is 0 Å². The summed E-state index contributed by atoms with van der Waals surface area (Å²) in [5, 5.41) is 8.04. The highest BCUT2D eigenvalue weighted by molar-refractivity contribution is 6.41. The van der Waals surface area contributed by atoms with E-state index in [9.17, 15) is 4.79 Å². The molecule has 1 aliphatic rings. The monoisotopic (exact) mass is 380 g/mol. The Morgan fingerprint density at radius 3 is 2.25 bits per heavy atom. The number of carbonyl (C=O) groups excluding carboxylic acids is 1. The zero-order valence-electron chi connectivity index (χ0n) is 13.1. The number of carbonyl (C=O) groups is 1. The van der Waals surface area contributed by atoms with Gasteiger partial charge in [-0.2, -0.15) is 5.10 Å². The van der Waals surface area contributed by atoms with Crippen LogP contribution in [-0.4, -0.2) is 11.5 Å². The van der Waals surface area contributed by atoms with Gasteiger partial charge in [0.25, 0.3) is 0 Å². The van der Waals surface area contributed by atoms with Crippen LogP contribution in [0.2, 0.25) is 15.1 Å². The first kappa shape index (κ1) is 17.3. The standard InChI is InChI=1S/C18H15Cl3N2O/c1-10-17(11(2)24)22-23(16-8-7-14(20)9-15(16)21)18(10)12-3-5-13(19)6-4-12/h3-10,18H,1-2H3/t10-,18+/m1/s1. The molecule has 0 N–H and O–H groups in total. The number of anilines is 1. The molecule has 0 spiro atoms. The number of hydrogen-bond donors (Lipinski definition) is 0. The number of rotatable bonds is 3. The van der Waals surface area contributed by atoms with E-state index in [1.807, 2.05) is 37.3 Å². The Kier molecular flexibility index (Phi) is 4.86. The van der Waals surface area contributed by atoms with Crippen molar-refractivity contribution in [3.63, 3.8) is 0 Å². The first-order valence-corrected chi connectivity index (χ1v) is 8.61. The van der Waals surface area contributed by atoms with Crippen molar-refractivity contribution in [3.8, 4) is 0 Å². The van der Waals surface area contributed by atoms with Crippen molar-refractivity contribution < 1.29 is 4.79 Å². The number of Topliss-reactive ketones (excluding diaryl/α,β-unsaturated/α-hetero) is 1. The molecule has 3 nitrogen and oxygen atoms in total. The molecule has 0 unspecified atom stereocenters. The smallest absolute Gasteiger partial charge is 0.176 e. The first-order valence-electron chi connectivity index (χ1n) is 7.47. The molecule has 6 heteroatoms. The minimum absolute atomic E-state index is 0.0472. The summed E-state index contributed by atoms with van der Waals surface area (Å²) in [6.45, 7) is 3.52. The van der Waals surface area contributed by atoms with E-state index < -0.39 is 0 Å². The highest BCUT2D eigenvalue weighted by Gasteiger charge is 2.38. The third-order valence-electron chi connectivity index (χ3n) is 4.11. The van der Waals surface area contributed by atoms with E-state index in [1.54, 1.807) is 17.1 Å². The van der Waals surface area contributed by atoms with Gasteiger partial charge in [-0.05, 0) is 35.9 Å². The Morgan fingerprint density at radius 2 is 1.67 bits per heavy atom. The lowest BCUT2D eigenvalue weighted by Gasteiger charge is -2.27. The van der Waals surface area contributed by atoms with Crippen molar-refractivity contribution in [2.24, 2.45) is 11.0 Å². The van der Waals surface area contributed by atoms with Gasteiger partial charge in [-0.15, -0.1) is 0 Å². The lowest BCUT2D eigenvalue weighted by molar-refractivity contribution is -0.111. The minimum Gasteiger partial charge on any atom is -0.293 e. The maximum atomic E-state index is 12.0. The normalized spacial score (nSPS) is 20.2. The molecular weight excluding hydrogens is 367 g/mol. The van der Waals surface area contributed by atoms with E-state index >= 15 is 0 Å². The molecule has 3 rings (SSSR count). The zero-order valence-corrected chi connectivity index (χ0v) is 15.4. The summed E-state index contributed by atoms with van der Waals surface area (Å²) >= 11 is 18.4. The highest BCUT2D eigenvalue weighted by atomic mass is 35.5. The van der Waals surface area contributed by atoms with Gasteiger partial charge < -0.3 is 0 Å². The number of hydrazone groups is 1. The zero-order chi connectivity index (χ0) is 17.4. The van der Waals surface area contributed by atoms with Crippen LogP contribution in [-0.2, 0) is 4.79 Å². The molecule has 2 aromatic carbocycles. The van der Waals surface area contributed by atoms with Crippen molar-refractivity contribution in [2.45, 2.75) is 19.9 Å². The minimum atomic E-state index is -0.139. The summed E-state index contributed by atoms with van der Waals surface area (Å²) in [6, 6.07) is 12.6. The fraction of sp³-hybridized carbons (Fsp3) is 0.222. The summed E-state index contributed by atoms with van der Waals surface area (Å²) in [5.74, 6) is -0.121. The Bertz CT molecular complexity index is 818. The van der Waals surface area contributed by atoms with Gasteiger partial charge in [-0.1, -0.05) is 53.9 Å². The molecule has 2 aromatic rings. The van der Waals surface area contributed by atoms with Crippen LogP contribution in [0.3, 0.4) is 0 Å². The van der Waals surface area contributed by atoms with E-state index in [4.69, 9.17) is 34.8 Å². The highest BCUT2D eigenvalue weighted by Crippen LogP contribution is 2.42. The number of nitrogens with zero attached hydrogens (tertiary/aromatic N) is 2. The lowest BCUT2D eigenvalue weighted by atomic mass is 9.90. The van der Waals surface area contributed by atoms with Gasteiger partial charge in [0.05, 0.1) is 16.8 Å². The van der Waals surface area contributed by atoms with Crippen LogP contribution in [0.1, 0.15) is 25.5 Å². The van der Waals surface area contributed by atoms with Gasteiger partial charge in [0, 0.05) is 22.9 Å². The molecule has 0 amide bonds. The Hall–Kier alpha value is -1.55. The van der Waals surface area contributed by atoms with Gasteiger partial charge in [0.2, 0.25) is 0 Å². The predicted molar refractivity (Wildman–Crippen MR) is 100 cm³/mol. The lowest BCUT2D eigenvalue weighted by Crippen LogP contribution is -2.25. The number of ketones is 1. The fourth-order valence-corrected chi connectivity index (χ4v) is 3.60. The van der Waals surface area contributed by atoms with Crippen molar-refractivity contribution in [3.05, 3.63) is 63.1 Å². The second kappa shape index (κ2) is 6.75. The van der Waals surface area contributed by atoms with E-state index in [1.165, 1.54) is 6.92 Å². The quantitative estimate of drug-likeness (QED) is 0.674. The van der Waals surface area contributed by atoms with Crippen LogP contribution in [0, 0.1) is 5.92 Å². The third kappa shape index (κ3) is 3.16. The molecule has 1 aliphatic heterocycles. The van der Waals surface area contributed by atoms with Crippen molar-refractivity contribution in [2.75, 3.05) is 5.01 Å². The molecule has 0 bridgehead atoms. The molecule has 0 radical (unpaired) electrons. The average Bonchev–Trinajstić information content (AvgIpc) is 2.86. The number of halogens is 3. The summed E-state index contributed by atoms with van der Waals surface area (Å²) in [4.78, 5) is 12.0. The van der Waals surface area contributed by atoms with Crippen LogP contribution in [0.25, 0.3) is 0 Å². The molecule has 1 heterocycles. The number of benzene rings is 2. The van der Waals surface area contributed by atoms with Crippen LogP contribution in [0.15, 0.2) is 47.6 Å². The summed E-state index contributed by atoms with van der Waals surface area (Å²) in [7, 11) is 0. The topological polar surface area (TPSA) is 32.7 Å². The van der Waals surface area contributed by atoms with E-state index in [0.717, 1.165) is 5.56 Å². The summed E-state index contributed by atoms with van der Waals surface area (Å²) in [6.07, 6.45) is 0. The summed E-state index contributed by atoms with van der Waals surface area (Å²) < 4.78 is 0. The SMILES string of the molecule is CC(=O)C1=NN(c2ccc(Cl)cc2Cl)[C@H](c2ccc(Cl)cc2)[C@@H]1C. The van der Waals surface area contributed by atoms with Crippen LogP contribution >= 0.6 is 34.8 Å². The van der Waals surface area contributed by atoms with Crippen molar-refractivity contribution >= 4 is 52.0 Å². The predicted octanol–water partition coefficient (Wildman–Crippen LogP) is 5.79. The molecule has 0 saturated heterocycles. The maximum absolute atomic E-state index is 12.0. The van der Waals surface area contributed by atoms with Gasteiger partial charge >= 0.3 is 0 Å². The first-order chi connectivity index (χ1) is 11.4. The van der Waals surface area contributed by atoms with Gasteiger partial charge in [-0.3, -0.25) is 9.80 Å². The second-order valence-corrected chi connectivity index (χ2v) is 7.05. The molecule has 124 valence electrons. The van der Waals surface area contributed by atoms with E-state index in [0.29, 0.717) is 26.5 Å². The Balaban J connectivity index is 2.11. The van der Waals surface area contributed by atoms with E-state index in [2.05, 4.69) is 5.10 Å². The van der Waals surface area contributed by atoms with Gasteiger partial charge in [0.15, 0.2) is 5.78 Å². The largest absolute Gasteiger partial charge is 0.293 e. The van der Waals surface area contributed by atoms with Gasteiger partial charge in [0.1, 0.15) is 5.71 Å². The van der Waals surface area contributed by atoms with Crippen LogP contribution < -0.4 is 5.01 Å². The van der Waals surface area contributed by atoms with E-state index in [-0.39, 0.29) is 17.7 Å². The molecule has 0 aliphatic carbocycles. The third-order valence-corrected chi connectivity index (χ3v) is 4.90. The fourth-order valence-electron chi connectivity index (χ4n) is 2.98. The Morgan fingerprint density at radius 1 is 1.04 bits per heavy atom. The molecule has 2 atom stereocenters. The summed E-state index contributed by atoms with van der Waals surface area (Å²) in [5.41, 5.74) is 2.25. The van der Waals surface area contributed by atoms with Crippen molar-refractivity contribution in [1.82, 2.24) is 0 Å². The second-order valence-electron chi connectivity index (χ2n) is 5.77. The Labute approximate surface area is 155 Å². The maximum Gasteiger partial charge on any atom is 0.176 e. The average molecular weight is 382 g/mol. The van der Waals surface area contributed by atoms with Crippen molar-refractivity contribution in [1.29, 1.82) is 0 Å².